The normalized spacial score (nSPS) is 18.4. The minimum Gasteiger partial charge on any atom is -0.497 e. The van der Waals surface area contributed by atoms with Crippen LogP contribution in [-0.4, -0.2) is 58.4 Å². The summed E-state index contributed by atoms with van der Waals surface area (Å²) in [5.41, 5.74) is 1.20. The van der Waals surface area contributed by atoms with Crippen LogP contribution in [0.15, 0.2) is 36.4 Å². The van der Waals surface area contributed by atoms with Gasteiger partial charge in [-0.1, -0.05) is 24.3 Å². The molecule has 1 fully saturated rings. The molecule has 1 saturated heterocycles. The molecule has 0 aliphatic carbocycles. The van der Waals surface area contributed by atoms with E-state index in [1.165, 1.54) is 10.9 Å². The van der Waals surface area contributed by atoms with Gasteiger partial charge in [0.25, 0.3) is 0 Å². The number of fused-ring (bicyclic) bond motifs is 1. The molecule has 0 unspecified atom stereocenters. The van der Waals surface area contributed by atoms with E-state index in [-0.39, 0.29) is 18.8 Å². The number of hydrogen-bond donors (Lipinski definition) is 1. The third-order valence-corrected chi connectivity index (χ3v) is 5.04. The van der Waals surface area contributed by atoms with E-state index in [1.54, 1.807) is 14.0 Å². The predicted octanol–water partition coefficient (Wildman–Crippen LogP) is 3.37. The fraction of sp³-hybridized carbons (Fsp3) is 0.478. The van der Waals surface area contributed by atoms with E-state index in [4.69, 9.17) is 18.9 Å². The van der Waals surface area contributed by atoms with Gasteiger partial charge < -0.3 is 29.0 Å². The predicted molar refractivity (Wildman–Crippen MR) is 114 cm³/mol. The molecule has 8 nitrogen and oxygen atoms in total. The maximum absolute atomic E-state index is 11.5. The van der Waals surface area contributed by atoms with Gasteiger partial charge in [-0.25, -0.2) is 9.59 Å². The van der Waals surface area contributed by atoms with Crippen LogP contribution in [-0.2, 0) is 23.7 Å². The summed E-state index contributed by atoms with van der Waals surface area (Å²) < 4.78 is 26.6. The number of nitrogens with one attached hydrogen (secondary N) is 1. The number of hydrogen-bond acceptors (Lipinski definition) is 7. The number of ether oxygens (including phenoxy) is 5. The van der Waals surface area contributed by atoms with Crippen molar-refractivity contribution in [1.29, 1.82) is 0 Å². The third-order valence-electron chi connectivity index (χ3n) is 5.04. The lowest BCUT2D eigenvalue weighted by atomic mass is 9.94. The average Bonchev–Trinajstić information content (AvgIpc) is 2.80. The Bertz CT molecular complexity index is 877. The van der Waals surface area contributed by atoms with Crippen LogP contribution in [0.1, 0.15) is 31.2 Å². The quantitative estimate of drug-likeness (QED) is 0.481. The molecule has 0 atom stereocenters. The van der Waals surface area contributed by atoms with Crippen molar-refractivity contribution in [3.05, 3.63) is 42.0 Å². The van der Waals surface area contributed by atoms with Gasteiger partial charge >= 0.3 is 12.1 Å². The summed E-state index contributed by atoms with van der Waals surface area (Å²) in [5.74, 6) is 0.421. The highest BCUT2D eigenvalue weighted by atomic mass is 16.7. The zero-order valence-corrected chi connectivity index (χ0v) is 17.9. The Kier molecular flexibility index (Phi) is 8.49. The topological polar surface area (TPSA) is 92.3 Å². The first kappa shape index (κ1) is 22.8. The fourth-order valence-electron chi connectivity index (χ4n) is 3.50. The van der Waals surface area contributed by atoms with Crippen molar-refractivity contribution in [2.24, 2.45) is 0 Å². The van der Waals surface area contributed by atoms with Gasteiger partial charge in [-0.05, 0) is 41.8 Å². The zero-order chi connectivity index (χ0) is 22.1. The lowest BCUT2D eigenvalue weighted by Gasteiger charge is -2.30. The Hall–Kier alpha value is -2.84. The molecule has 0 radical (unpaired) electrons. The summed E-state index contributed by atoms with van der Waals surface area (Å²) in [7, 11) is 1.66. The van der Waals surface area contributed by atoms with Crippen molar-refractivity contribution in [2.75, 3.05) is 40.1 Å². The minimum absolute atomic E-state index is 0.157. The molecule has 0 spiro atoms. The lowest BCUT2D eigenvalue weighted by Crippen LogP contribution is -2.32. The second kappa shape index (κ2) is 11.5. The van der Waals surface area contributed by atoms with Crippen molar-refractivity contribution in [3.8, 4) is 5.75 Å². The van der Waals surface area contributed by atoms with Crippen molar-refractivity contribution in [2.45, 2.75) is 32.0 Å². The molecule has 8 heteroatoms. The van der Waals surface area contributed by atoms with Gasteiger partial charge in [0.05, 0.1) is 26.9 Å². The second-order valence-electron chi connectivity index (χ2n) is 7.18. The highest BCUT2D eigenvalue weighted by Gasteiger charge is 2.24. The maximum Gasteiger partial charge on any atom is 0.407 e. The number of esters is 1. The van der Waals surface area contributed by atoms with Crippen LogP contribution in [0.3, 0.4) is 0 Å². The molecule has 2 aromatic carbocycles. The summed E-state index contributed by atoms with van der Waals surface area (Å²) in [6.45, 7) is 3.10. The van der Waals surface area contributed by atoms with Crippen LogP contribution in [0.5, 0.6) is 5.75 Å². The zero-order valence-electron chi connectivity index (χ0n) is 17.9. The number of alkyl carbamates (subject to hydrolysis) is 1. The number of amides is 1. The molecule has 1 heterocycles. The van der Waals surface area contributed by atoms with E-state index in [2.05, 4.69) is 28.3 Å². The molecule has 1 aliphatic heterocycles. The van der Waals surface area contributed by atoms with Crippen LogP contribution >= 0.6 is 0 Å². The van der Waals surface area contributed by atoms with Crippen LogP contribution in [0.4, 0.5) is 4.79 Å². The number of carbonyl (C=O) groups is 2. The van der Waals surface area contributed by atoms with Gasteiger partial charge in [-0.15, -0.1) is 0 Å². The van der Waals surface area contributed by atoms with Crippen molar-refractivity contribution in [3.63, 3.8) is 0 Å². The summed E-state index contributed by atoms with van der Waals surface area (Å²) in [4.78, 5) is 22.7. The molecular weight excluding hydrogens is 402 g/mol. The van der Waals surface area contributed by atoms with E-state index in [0.29, 0.717) is 32.6 Å². The highest BCUT2D eigenvalue weighted by Crippen LogP contribution is 2.31. The SMILES string of the molecule is CCOC(=O)COC(=O)NCCCC1OCC(c2cccc3cc(OC)ccc23)CO1. The molecule has 168 valence electrons. The van der Waals surface area contributed by atoms with Crippen molar-refractivity contribution in [1.82, 2.24) is 5.32 Å². The van der Waals surface area contributed by atoms with Crippen LogP contribution < -0.4 is 10.1 Å². The standard InChI is InChI=1S/C23H29NO7/c1-3-28-21(25)15-31-23(26)24-11-5-8-22-29-13-17(14-30-22)19-7-4-6-16-12-18(27-2)9-10-20(16)19/h4,6-7,9-10,12,17,22H,3,5,8,11,13-15H2,1-2H3,(H,24,26). The first-order valence-corrected chi connectivity index (χ1v) is 10.5. The minimum atomic E-state index is -0.647. The number of rotatable bonds is 9. The molecule has 0 bridgehead atoms. The van der Waals surface area contributed by atoms with Gasteiger partial charge in [-0.2, -0.15) is 0 Å². The van der Waals surface area contributed by atoms with Crippen molar-refractivity contribution >= 4 is 22.8 Å². The summed E-state index contributed by atoms with van der Waals surface area (Å²) in [6.07, 6.45) is 0.366. The Morgan fingerprint density at radius 1 is 1.13 bits per heavy atom. The molecular formula is C23H29NO7. The van der Waals surface area contributed by atoms with Crippen molar-refractivity contribution < 1.29 is 33.3 Å². The summed E-state index contributed by atoms with van der Waals surface area (Å²) in [5, 5.41) is 4.89. The van der Waals surface area contributed by atoms with Gasteiger partial charge in [0.2, 0.25) is 0 Å². The maximum atomic E-state index is 11.5. The highest BCUT2D eigenvalue weighted by molar-refractivity contribution is 5.87. The van der Waals surface area contributed by atoms with Gasteiger partial charge in [-0.3, -0.25) is 0 Å². The Morgan fingerprint density at radius 3 is 2.68 bits per heavy atom. The first-order chi connectivity index (χ1) is 15.1. The van der Waals surface area contributed by atoms with E-state index < -0.39 is 18.7 Å². The molecule has 31 heavy (non-hydrogen) atoms. The number of carbonyl (C=O) groups excluding carboxylic acids is 2. The number of benzene rings is 2. The molecule has 1 amide bonds. The van der Waals surface area contributed by atoms with Gasteiger partial charge in [0.15, 0.2) is 12.9 Å². The molecule has 1 aliphatic rings. The lowest BCUT2D eigenvalue weighted by molar-refractivity contribution is -0.189. The summed E-state index contributed by atoms with van der Waals surface area (Å²) in [6, 6.07) is 12.3. The molecule has 3 rings (SSSR count). The Labute approximate surface area is 181 Å². The third kappa shape index (κ3) is 6.57. The molecule has 1 N–H and O–H groups in total. The Balaban J connectivity index is 1.39. The van der Waals surface area contributed by atoms with E-state index in [1.807, 2.05) is 18.2 Å². The summed E-state index contributed by atoms with van der Waals surface area (Å²) >= 11 is 0. The first-order valence-electron chi connectivity index (χ1n) is 10.5. The second-order valence-corrected chi connectivity index (χ2v) is 7.18. The molecule has 0 aromatic heterocycles. The largest absolute Gasteiger partial charge is 0.497 e. The fourth-order valence-corrected chi connectivity index (χ4v) is 3.50. The number of methoxy groups -OCH3 is 1. The van der Waals surface area contributed by atoms with Gasteiger partial charge in [0.1, 0.15) is 5.75 Å². The average molecular weight is 431 g/mol. The van der Waals surface area contributed by atoms with Crippen LogP contribution in [0.2, 0.25) is 0 Å². The monoisotopic (exact) mass is 431 g/mol. The Morgan fingerprint density at radius 2 is 1.94 bits per heavy atom. The van der Waals surface area contributed by atoms with Gasteiger partial charge in [0, 0.05) is 18.9 Å². The van der Waals surface area contributed by atoms with E-state index in [9.17, 15) is 9.59 Å². The molecule has 2 aromatic rings. The van der Waals surface area contributed by atoms with E-state index in [0.717, 1.165) is 11.1 Å². The van der Waals surface area contributed by atoms with Crippen LogP contribution in [0, 0.1) is 0 Å². The smallest absolute Gasteiger partial charge is 0.407 e. The van der Waals surface area contributed by atoms with Crippen LogP contribution in [0.25, 0.3) is 10.8 Å². The molecule has 0 saturated carbocycles. The van der Waals surface area contributed by atoms with E-state index >= 15 is 0 Å².